The summed E-state index contributed by atoms with van der Waals surface area (Å²) in [7, 11) is 1.56. The van der Waals surface area contributed by atoms with Gasteiger partial charge in [-0.2, -0.15) is 0 Å². The maximum absolute atomic E-state index is 12.2. The third-order valence-electron chi connectivity index (χ3n) is 4.09. The number of aliphatic hydroxyl groups excluding tert-OH is 1. The van der Waals surface area contributed by atoms with Crippen LogP contribution in [0, 0.1) is 0 Å². The Morgan fingerprint density at radius 3 is 2.41 bits per heavy atom. The first-order valence-electron chi connectivity index (χ1n) is 7.66. The van der Waals surface area contributed by atoms with E-state index in [0.717, 1.165) is 39.3 Å². The van der Waals surface area contributed by atoms with Gasteiger partial charge in [0.2, 0.25) is 0 Å². The van der Waals surface area contributed by atoms with Crippen LogP contribution >= 0.6 is 0 Å². The molecule has 0 radical (unpaired) electrons. The molecule has 0 aromatic heterocycles. The topological polar surface area (TPSA) is 79.0 Å². The molecule has 122 valence electrons. The number of β-amino-alcohol motifs (C(OH)–C–C–N with tert-alkyl or cyclic N) is 1. The lowest BCUT2D eigenvalue weighted by molar-refractivity contribution is 0.0907. The van der Waals surface area contributed by atoms with Crippen LogP contribution in [0.3, 0.4) is 0 Å². The predicted octanol–water partition coefficient (Wildman–Crippen LogP) is 0.460. The van der Waals surface area contributed by atoms with Crippen LogP contribution in [0.25, 0.3) is 0 Å². The normalized spacial score (nSPS) is 16.6. The third kappa shape index (κ3) is 4.43. The number of carbonyl (C=O) groups is 1. The number of hydrogen-bond acceptors (Lipinski definition) is 6. The van der Waals surface area contributed by atoms with Crippen LogP contribution in [-0.2, 0) is 0 Å². The van der Waals surface area contributed by atoms with Crippen molar-refractivity contribution in [1.29, 1.82) is 0 Å². The average Bonchev–Trinajstić information content (AvgIpc) is 2.54. The van der Waals surface area contributed by atoms with E-state index in [1.807, 2.05) is 0 Å². The summed E-state index contributed by atoms with van der Waals surface area (Å²) in [6.07, 6.45) is 0.492. The summed E-state index contributed by atoms with van der Waals surface area (Å²) in [6, 6.07) is 5.17. The summed E-state index contributed by atoms with van der Waals surface area (Å²) in [5.74, 6) is 0.698. The number of nitrogens with zero attached hydrogens (tertiary/aromatic N) is 2. The molecule has 0 saturated carbocycles. The Hall–Kier alpha value is -1.63. The lowest BCUT2D eigenvalue weighted by Gasteiger charge is -2.34. The van der Waals surface area contributed by atoms with Crippen LogP contribution in [0.4, 0.5) is 5.69 Å². The molecule has 1 aliphatic heterocycles. The number of benzene rings is 1. The van der Waals surface area contributed by atoms with Crippen molar-refractivity contribution in [3.8, 4) is 5.75 Å². The SMILES string of the molecule is COc1ccc(C(=O)CCN2CCN(CCO)CC2)cc1N. The lowest BCUT2D eigenvalue weighted by Crippen LogP contribution is -2.47. The van der Waals surface area contributed by atoms with Gasteiger partial charge in [-0.25, -0.2) is 0 Å². The third-order valence-corrected chi connectivity index (χ3v) is 4.09. The standard InChI is InChI=1S/C16H25N3O3/c1-22-16-3-2-13(12-14(16)17)15(21)4-5-18-6-8-19(9-7-18)10-11-20/h2-3,12,20H,4-11,17H2,1H3. The van der Waals surface area contributed by atoms with Crippen LogP contribution in [0.1, 0.15) is 16.8 Å². The summed E-state index contributed by atoms with van der Waals surface area (Å²) < 4.78 is 5.10. The monoisotopic (exact) mass is 307 g/mol. The van der Waals surface area contributed by atoms with Crippen molar-refractivity contribution in [3.05, 3.63) is 23.8 Å². The summed E-state index contributed by atoms with van der Waals surface area (Å²) in [5.41, 5.74) is 6.97. The number of nitrogen functional groups attached to an aromatic ring is 1. The number of aliphatic hydroxyl groups is 1. The van der Waals surface area contributed by atoms with Crippen LogP contribution in [-0.4, -0.2) is 73.7 Å². The Morgan fingerprint density at radius 1 is 1.23 bits per heavy atom. The molecule has 1 aromatic rings. The quantitative estimate of drug-likeness (QED) is 0.563. The molecule has 3 N–H and O–H groups in total. The van der Waals surface area contributed by atoms with E-state index in [4.69, 9.17) is 15.6 Å². The number of piperazine rings is 1. The Balaban J connectivity index is 1.80. The zero-order valence-corrected chi connectivity index (χ0v) is 13.1. The summed E-state index contributed by atoms with van der Waals surface area (Å²) >= 11 is 0. The number of ketones is 1. The van der Waals surface area contributed by atoms with Gasteiger partial charge >= 0.3 is 0 Å². The Kier molecular flexibility index (Phi) is 6.18. The summed E-state index contributed by atoms with van der Waals surface area (Å²) in [4.78, 5) is 16.8. The second kappa shape index (κ2) is 8.12. The van der Waals surface area contributed by atoms with Gasteiger partial charge in [0.15, 0.2) is 5.78 Å². The number of hydrogen-bond donors (Lipinski definition) is 2. The van der Waals surface area contributed by atoms with Gasteiger partial charge in [0.05, 0.1) is 19.4 Å². The molecule has 0 spiro atoms. The number of carbonyl (C=O) groups excluding carboxylic acids is 1. The highest BCUT2D eigenvalue weighted by Crippen LogP contribution is 2.22. The highest BCUT2D eigenvalue weighted by Gasteiger charge is 2.17. The van der Waals surface area contributed by atoms with E-state index in [9.17, 15) is 4.79 Å². The average molecular weight is 307 g/mol. The van der Waals surface area contributed by atoms with E-state index in [2.05, 4.69) is 9.80 Å². The molecular formula is C16H25N3O3. The van der Waals surface area contributed by atoms with Crippen LogP contribution in [0.2, 0.25) is 0 Å². The molecule has 1 saturated heterocycles. The van der Waals surface area contributed by atoms with Crippen molar-refractivity contribution in [1.82, 2.24) is 9.80 Å². The van der Waals surface area contributed by atoms with Gasteiger partial charge < -0.3 is 20.5 Å². The highest BCUT2D eigenvalue weighted by molar-refractivity contribution is 5.97. The van der Waals surface area contributed by atoms with Crippen molar-refractivity contribution >= 4 is 11.5 Å². The molecule has 0 bridgehead atoms. The van der Waals surface area contributed by atoms with Gasteiger partial charge in [-0.1, -0.05) is 0 Å². The first kappa shape index (κ1) is 16.7. The minimum Gasteiger partial charge on any atom is -0.495 e. The number of ether oxygens (including phenoxy) is 1. The molecule has 0 aliphatic carbocycles. The zero-order chi connectivity index (χ0) is 15.9. The number of rotatable bonds is 7. The number of nitrogens with two attached hydrogens (primary N) is 1. The smallest absolute Gasteiger partial charge is 0.164 e. The molecule has 1 aromatic carbocycles. The number of anilines is 1. The molecule has 6 nitrogen and oxygen atoms in total. The maximum atomic E-state index is 12.2. The first-order chi connectivity index (χ1) is 10.6. The molecule has 0 atom stereocenters. The van der Waals surface area contributed by atoms with Crippen LogP contribution < -0.4 is 10.5 Å². The fraction of sp³-hybridized carbons (Fsp3) is 0.562. The Bertz CT molecular complexity index is 499. The second-order valence-corrected chi connectivity index (χ2v) is 5.54. The van der Waals surface area contributed by atoms with Gasteiger partial charge in [0.25, 0.3) is 0 Å². The van der Waals surface area contributed by atoms with Gasteiger partial charge in [0, 0.05) is 51.3 Å². The van der Waals surface area contributed by atoms with E-state index in [1.54, 1.807) is 25.3 Å². The first-order valence-corrected chi connectivity index (χ1v) is 7.66. The van der Waals surface area contributed by atoms with Crippen molar-refractivity contribution in [3.63, 3.8) is 0 Å². The highest BCUT2D eigenvalue weighted by atomic mass is 16.5. The van der Waals surface area contributed by atoms with E-state index < -0.39 is 0 Å². The molecule has 1 aliphatic rings. The van der Waals surface area contributed by atoms with E-state index in [-0.39, 0.29) is 12.4 Å². The van der Waals surface area contributed by atoms with E-state index >= 15 is 0 Å². The van der Waals surface area contributed by atoms with Crippen molar-refractivity contribution in [2.24, 2.45) is 0 Å². The fourth-order valence-corrected chi connectivity index (χ4v) is 2.69. The Labute approximate surface area is 131 Å². The molecule has 2 rings (SSSR count). The summed E-state index contributed by atoms with van der Waals surface area (Å²) in [5, 5.41) is 8.93. The lowest BCUT2D eigenvalue weighted by atomic mass is 10.1. The minimum absolute atomic E-state index is 0.104. The molecule has 22 heavy (non-hydrogen) atoms. The largest absolute Gasteiger partial charge is 0.495 e. The molecule has 1 heterocycles. The predicted molar refractivity (Wildman–Crippen MR) is 86.3 cm³/mol. The van der Waals surface area contributed by atoms with Crippen LogP contribution in [0.15, 0.2) is 18.2 Å². The van der Waals surface area contributed by atoms with E-state index in [0.29, 0.717) is 23.4 Å². The fourth-order valence-electron chi connectivity index (χ4n) is 2.69. The van der Waals surface area contributed by atoms with Crippen LogP contribution in [0.5, 0.6) is 5.75 Å². The second-order valence-electron chi connectivity index (χ2n) is 5.54. The maximum Gasteiger partial charge on any atom is 0.164 e. The molecule has 1 fully saturated rings. The molecular weight excluding hydrogens is 282 g/mol. The van der Waals surface area contributed by atoms with E-state index in [1.165, 1.54) is 0 Å². The molecule has 0 unspecified atom stereocenters. The number of methoxy groups -OCH3 is 1. The minimum atomic E-state index is 0.104. The molecule has 6 heteroatoms. The summed E-state index contributed by atoms with van der Waals surface area (Å²) in [6.45, 7) is 5.48. The molecule has 0 amide bonds. The van der Waals surface area contributed by atoms with Crippen molar-refractivity contribution in [2.45, 2.75) is 6.42 Å². The number of Topliss-reactive ketones (excluding diaryl/α,β-unsaturated/α-hetero) is 1. The van der Waals surface area contributed by atoms with Gasteiger partial charge in [-0.3, -0.25) is 9.69 Å². The van der Waals surface area contributed by atoms with Crippen molar-refractivity contribution < 1.29 is 14.6 Å². The van der Waals surface area contributed by atoms with Gasteiger partial charge in [-0.15, -0.1) is 0 Å². The Morgan fingerprint density at radius 2 is 1.86 bits per heavy atom. The zero-order valence-electron chi connectivity index (χ0n) is 13.1. The van der Waals surface area contributed by atoms with Crippen molar-refractivity contribution in [2.75, 3.05) is 58.7 Å². The van der Waals surface area contributed by atoms with Gasteiger partial charge in [-0.05, 0) is 18.2 Å². The van der Waals surface area contributed by atoms with Gasteiger partial charge in [0.1, 0.15) is 5.75 Å².